The van der Waals surface area contributed by atoms with Crippen LogP contribution >= 0.6 is 0 Å². The fraction of sp³-hybridized carbons (Fsp3) is 0.625. The molecule has 1 aliphatic rings. The van der Waals surface area contributed by atoms with Gasteiger partial charge in [0.25, 0.3) is 0 Å². The van der Waals surface area contributed by atoms with E-state index in [0.717, 1.165) is 38.4 Å². The molecule has 1 aromatic carbocycles. The smallest absolute Gasteiger partial charge is 0.119 e. The summed E-state index contributed by atoms with van der Waals surface area (Å²) in [6.07, 6.45) is 3.51. The molecular weight excluding hydrogens is 236 g/mol. The zero-order chi connectivity index (χ0) is 13.5. The van der Waals surface area contributed by atoms with Gasteiger partial charge in [-0.25, -0.2) is 0 Å². The lowest BCUT2D eigenvalue weighted by Crippen LogP contribution is -2.32. The maximum atomic E-state index is 5.62. The molecule has 0 aliphatic carbocycles. The Bertz CT molecular complexity index is 364. The van der Waals surface area contributed by atoms with E-state index in [1.807, 2.05) is 0 Å². The lowest BCUT2D eigenvalue weighted by Gasteiger charge is -2.19. The molecule has 0 saturated carbocycles. The largest absolute Gasteiger partial charge is 0.494 e. The van der Waals surface area contributed by atoms with Gasteiger partial charge in [0.05, 0.1) is 6.61 Å². The summed E-state index contributed by atoms with van der Waals surface area (Å²) < 4.78 is 5.62. The molecule has 0 aromatic heterocycles. The van der Waals surface area contributed by atoms with Crippen LogP contribution in [0.1, 0.15) is 33.1 Å². The van der Waals surface area contributed by atoms with Gasteiger partial charge in [0.2, 0.25) is 0 Å². The van der Waals surface area contributed by atoms with Crippen LogP contribution in [-0.2, 0) is 0 Å². The molecule has 1 fully saturated rings. The SMILES string of the molecule is CCCNC1CCN(c2ccc(OCCC)cc2)C1. The van der Waals surface area contributed by atoms with Crippen molar-refractivity contribution in [3.63, 3.8) is 0 Å². The molecule has 0 bridgehead atoms. The van der Waals surface area contributed by atoms with Crippen LogP contribution in [0.4, 0.5) is 5.69 Å². The maximum absolute atomic E-state index is 5.62. The molecule has 1 N–H and O–H groups in total. The highest BCUT2D eigenvalue weighted by Crippen LogP contribution is 2.23. The number of anilines is 1. The van der Waals surface area contributed by atoms with Gasteiger partial charge in [0.15, 0.2) is 0 Å². The fourth-order valence-corrected chi connectivity index (χ4v) is 2.48. The predicted molar refractivity (Wildman–Crippen MR) is 81.1 cm³/mol. The molecule has 1 unspecified atom stereocenters. The Morgan fingerprint density at radius 2 is 2.00 bits per heavy atom. The summed E-state index contributed by atoms with van der Waals surface area (Å²) in [4.78, 5) is 2.46. The molecule has 1 atom stereocenters. The quantitative estimate of drug-likeness (QED) is 0.817. The van der Waals surface area contributed by atoms with Gasteiger partial charge in [-0.2, -0.15) is 0 Å². The molecule has 0 spiro atoms. The van der Waals surface area contributed by atoms with Crippen molar-refractivity contribution in [3.05, 3.63) is 24.3 Å². The predicted octanol–water partition coefficient (Wildman–Crippen LogP) is 3.05. The van der Waals surface area contributed by atoms with Gasteiger partial charge in [-0.3, -0.25) is 0 Å². The van der Waals surface area contributed by atoms with Gasteiger partial charge in [-0.1, -0.05) is 13.8 Å². The van der Waals surface area contributed by atoms with Crippen LogP contribution in [0.3, 0.4) is 0 Å². The first-order valence-corrected chi connectivity index (χ1v) is 7.54. The Morgan fingerprint density at radius 3 is 2.68 bits per heavy atom. The Morgan fingerprint density at radius 1 is 1.21 bits per heavy atom. The second-order valence-electron chi connectivity index (χ2n) is 5.23. The third-order valence-electron chi connectivity index (χ3n) is 3.55. The van der Waals surface area contributed by atoms with Crippen molar-refractivity contribution in [2.24, 2.45) is 0 Å². The third kappa shape index (κ3) is 4.13. The standard InChI is InChI=1S/C16H26N2O/c1-3-10-17-14-9-11-18(13-14)15-5-7-16(8-6-15)19-12-4-2/h5-8,14,17H,3-4,9-13H2,1-2H3. The third-order valence-corrected chi connectivity index (χ3v) is 3.55. The van der Waals surface area contributed by atoms with Gasteiger partial charge in [-0.15, -0.1) is 0 Å². The first kappa shape index (κ1) is 14.2. The molecule has 2 rings (SSSR count). The molecule has 0 radical (unpaired) electrons. The number of nitrogens with zero attached hydrogens (tertiary/aromatic N) is 1. The van der Waals surface area contributed by atoms with Gasteiger partial charge in [-0.05, 0) is 50.1 Å². The van der Waals surface area contributed by atoms with Gasteiger partial charge in [0, 0.05) is 24.8 Å². The van der Waals surface area contributed by atoms with Crippen LogP contribution in [0.25, 0.3) is 0 Å². The summed E-state index contributed by atoms with van der Waals surface area (Å²) in [6, 6.07) is 9.16. The van der Waals surface area contributed by atoms with Crippen LogP contribution in [0, 0.1) is 0 Å². The lowest BCUT2D eigenvalue weighted by atomic mass is 10.2. The van der Waals surface area contributed by atoms with Crippen molar-refractivity contribution in [1.82, 2.24) is 5.32 Å². The highest BCUT2D eigenvalue weighted by Gasteiger charge is 2.21. The van der Waals surface area contributed by atoms with E-state index in [1.54, 1.807) is 0 Å². The van der Waals surface area contributed by atoms with Crippen molar-refractivity contribution in [3.8, 4) is 5.75 Å². The normalized spacial score (nSPS) is 18.8. The van der Waals surface area contributed by atoms with Crippen LogP contribution in [0.5, 0.6) is 5.75 Å². The van der Waals surface area contributed by atoms with Gasteiger partial charge < -0.3 is 15.0 Å². The van der Waals surface area contributed by atoms with Gasteiger partial charge in [0.1, 0.15) is 5.75 Å². The number of rotatable bonds is 7. The van der Waals surface area contributed by atoms with E-state index in [9.17, 15) is 0 Å². The zero-order valence-corrected chi connectivity index (χ0v) is 12.2. The Hall–Kier alpha value is -1.22. The minimum absolute atomic E-state index is 0.649. The second-order valence-corrected chi connectivity index (χ2v) is 5.23. The van der Waals surface area contributed by atoms with Crippen LogP contribution in [0.15, 0.2) is 24.3 Å². The molecule has 19 heavy (non-hydrogen) atoms. The molecule has 3 nitrogen and oxygen atoms in total. The first-order chi connectivity index (χ1) is 9.33. The highest BCUT2D eigenvalue weighted by atomic mass is 16.5. The van der Waals surface area contributed by atoms with Crippen molar-refractivity contribution in [2.45, 2.75) is 39.2 Å². The van der Waals surface area contributed by atoms with Crippen molar-refractivity contribution in [1.29, 1.82) is 0 Å². The average molecular weight is 262 g/mol. The van der Waals surface area contributed by atoms with Crippen molar-refractivity contribution >= 4 is 5.69 Å². The molecular formula is C16H26N2O. The monoisotopic (exact) mass is 262 g/mol. The highest BCUT2D eigenvalue weighted by molar-refractivity contribution is 5.50. The summed E-state index contributed by atoms with van der Waals surface area (Å²) in [5.41, 5.74) is 1.31. The number of benzene rings is 1. The maximum Gasteiger partial charge on any atom is 0.119 e. The molecule has 106 valence electrons. The molecule has 1 aromatic rings. The van der Waals surface area contributed by atoms with E-state index in [0.29, 0.717) is 6.04 Å². The summed E-state index contributed by atoms with van der Waals surface area (Å²) in [5, 5.41) is 3.60. The van der Waals surface area contributed by atoms with E-state index >= 15 is 0 Å². The molecule has 1 saturated heterocycles. The number of hydrogen-bond donors (Lipinski definition) is 1. The lowest BCUT2D eigenvalue weighted by molar-refractivity contribution is 0.317. The minimum Gasteiger partial charge on any atom is -0.494 e. The Balaban J connectivity index is 1.85. The fourth-order valence-electron chi connectivity index (χ4n) is 2.48. The van der Waals surface area contributed by atoms with E-state index < -0.39 is 0 Å². The first-order valence-electron chi connectivity index (χ1n) is 7.54. The average Bonchev–Trinajstić information content (AvgIpc) is 2.92. The molecule has 0 amide bonds. The summed E-state index contributed by atoms with van der Waals surface area (Å²) in [7, 11) is 0. The molecule has 3 heteroatoms. The van der Waals surface area contributed by atoms with E-state index in [-0.39, 0.29) is 0 Å². The van der Waals surface area contributed by atoms with Gasteiger partial charge >= 0.3 is 0 Å². The molecule has 1 heterocycles. The van der Waals surface area contributed by atoms with Crippen molar-refractivity contribution < 1.29 is 4.74 Å². The topological polar surface area (TPSA) is 24.5 Å². The summed E-state index contributed by atoms with van der Waals surface area (Å²) >= 11 is 0. The minimum atomic E-state index is 0.649. The van der Waals surface area contributed by atoms with E-state index in [2.05, 4.69) is 48.3 Å². The van der Waals surface area contributed by atoms with Crippen LogP contribution in [-0.4, -0.2) is 32.3 Å². The number of ether oxygens (including phenoxy) is 1. The Kier molecular flexibility index (Phi) is 5.52. The zero-order valence-electron chi connectivity index (χ0n) is 12.2. The Labute approximate surface area is 116 Å². The van der Waals surface area contributed by atoms with E-state index in [1.165, 1.54) is 18.5 Å². The van der Waals surface area contributed by atoms with E-state index in [4.69, 9.17) is 4.74 Å². The van der Waals surface area contributed by atoms with Crippen molar-refractivity contribution in [2.75, 3.05) is 31.1 Å². The van der Waals surface area contributed by atoms with Crippen LogP contribution in [0.2, 0.25) is 0 Å². The summed E-state index contributed by atoms with van der Waals surface area (Å²) in [5.74, 6) is 0.977. The summed E-state index contributed by atoms with van der Waals surface area (Å²) in [6.45, 7) is 8.54. The number of nitrogens with one attached hydrogen (secondary N) is 1. The second kappa shape index (κ2) is 7.39. The van der Waals surface area contributed by atoms with Crippen LogP contribution < -0.4 is 15.0 Å². The molecule has 1 aliphatic heterocycles. The number of hydrogen-bond acceptors (Lipinski definition) is 3.